The van der Waals surface area contributed by atoms with E-state index in [0.29, 0.717) is 17.7 Å². The van der Waals surface area contributed by atoms with E-state index < -0.39 is 9.84 Å². The minimum Gasteiger partial charge on any atom is -0.418 e. The summed E-state index contributed by atoms with van der Waals surface area (Å²) in [4.78, 5) is 7.46. The molecule has 142 valence electrons. The second kappa shape index (κ2) is 7.41. The molecule has 0 bridgehead atoms. The lowest BCUT2D eigenvalue weighted by molar-refractivity contribution is 0.416. The zero-order valence-corrected chi connectivity index (χ0v) is 18.0. The summed E-state index contributed by atoms with van der Waals surface area (Å²) in [6.45, 7) is 3.75. The maximum atomic E-state index is 13.3. The molecule has 1 aromatic carbocycles. The molecule has 0 amide bonds. The Morgan fingerprint density at radius 3 is 2.52 bits per heavy atom. The fourth-order valence-electron chi connectivity index (χ4n) is 3.12. The number of benzene rings is 1. The Bertz CT molecular complexity index is 1020. The predicted molar refractivity (Wildman–Crippen MR) is 110 cm³/mol. The van der Waals surface area contributed by atoms with Gasteiger partial charge >= 0.3 is 0 Å². The van der Waals surface area contributed by atoms with Gasteiger partial charge in [0.25, 0.3) is 0 Å². The van der Waals surface area contributed by atoms with Crippen molar-refractivity contribution in [3.63, 3.8) is 0 Å². The summed E-state index contributed by atoms with van der Waals surface area (Å²) in [7, 11) is -3.78. The van der Waals surface area contributed by atoms with Crippen molar-refractivity contribution in [2.24, 2.45) is 5.92 Å². The molecule has 27 heavy (non-hydrogen) atoms. The number of hydrogen-bond donors (Lipinski definition) is 0. The summed E-state index contributed by atoms with van der Waals surface area (Å²) >= 11 is 4.82. The Balaban J connectivity index is 1.81. The molecule has 4 rings (SSSR count). The first-order valence-electron chi connectivity index (χ1n) is 8.75. The summed E-state index contributed by atoms with van der Waals surface area (Å²) in [6.07, 6.45) is 2.01. The highest BCUT2D eigenvalue weighted by molar-refractivity contribution is 9.10. The quantitative estimate of drug-likeness (QED) is 0.526. The fraction of sp³-hybridized carbons (Fsp3) is 0.316. The number of thiophene rings is 1. The number of halogens is 1. The van der Waals surface area contributed by atoms with Crippen molar-refractivity contribution < 1.29 is 12.8 Å². The third-order valence-electron chi connectivity index (χ3n) is 4.76. The molecule has 0 atom stereocenters. The van der Waals surface area contributed by atoms with Crippen molar-refractivity contribution >= 4 is 43.0 Å². The number of nitrogens with zero attached hydrogens (tertiary/aromatic N) is 2. The van der Waals surface area contributed by atoms with E-state index >= 15 is 0 Å². The summed E-state index contributed by atoms with van der Waals surface area (Å²) in [5.41, 5.74) is 0. The van der Waals surface area contributed by atoms with Gasteiger partial charge in [-0.05, 0) is 54.5 Å². The highest BCUT2D eigenvalue weighted by Gasteiger charge is 2.32. The van der Waals surface area contributed by atoms with Crippen LogP contribution in [0.25, 0.3) is 10.8 Å². The van der Waals surface area contributed by atoms with Gasteiger partial charge in [0.2, 0.25) is 26.6 Å². The zero-order chi connectivity index (χ0) is 19.0. The van der Waals surface area contributed by atoms with Gasteiger partial charge in [0.15, 0.2) is 0 Å². The van der Waals surface area contributed by atoms with Crippen LogP contribution in [-0.4, -0.2) is 26.5 Å². The van der Waals surface area contributed by atoms with E-state index in [9.17, 15) is 8.42 Å². The second-order valence-electron chi connectivity index (χ2n) is 6.73. The first-order valence-corrected chi connectivity index (χ1v) is 11.9. The maximum absolute atomic E-state index is 13.3. The summed E-state index contributed by atoms with van der Waals surface area (Å²) in [6, 6.07) is 10.4. The van der Waals surface area contributed by atoms with Crippen molar-refractivity contribution in [3.8, 4) is 10.8 Å². The number of hydrogen-bond acceptors (Lipinski definition) is 6. The SMILES string of the molecule is CC1CCN(c2oc(-c3cccs3)nc2S(=O)(=O)c2ccc(Br)cc2)CC1. The molecule has 0 unspecified atom stereocenters. The molecule has 1 aliphatic heterocycles. The van der Waals surface area contributed by atoms with Crippen LogP contribution in [0.4, 0.5) is 5.88 Å². The first kappa shape index (κ1) is 18.7. The van der Waals surface area contributed by atoms with Gasteiger partial charge in [0.05, 0.1) is 9.77 Å². The van der Waals surface area contributed by atoms with E-state index in [0.717, 1.165) is 35.3 Å². The molecular formula is C19H19BrN2O3S2. The minimum atomic E-state index is -3.78. The number of anilines is 1. The molecule has 0 saturated carbocycles. The van der Waals surface area contributed by atoms with E-state index in [1.165, 1.54) is 11.3 Å². The molecule has 1 aliphatic rings. The number of piperidine rings is 1. The zero-order valence-electron chi connectivity index (χ0n) is 14.8. The van der Waals surface area contributed by atoms with E-state index in [4.69, 9.17) is 4.42 Å². The number of rotatable bonds is 4. The van der Waals surface area contributed by atoms with Gasteiger partial charge in [-0.25, -0.2) is 8.42 Å². The Morgan fingerprint density at radius 1 is 1.19 bits per heavy atom. The van der Waals surface area contributed by atoms with Crippen LogP contribution < -0.4 is 4.90 Å². The van der Waals surface area contributed by atoms with Crippen LogP contribution in [0.1, 0.15) is 19.8 Å². The minimum absolute atomic E-state index is 0.00257. The normalized spacial score (nSPS) is 16.0. The number of aromatic nitrogens is 1. The van der Waals surface area contributed by atoms with E-state index in [2.05, 4.69) is 27.8 Å². The third kappa shape index (κ3) is 3.70. The summed E-state index contributed by atoms with van der Waals surface area (Å²) in [5.74, 6) is 1.34. The van der Waals surface area contributed by atoms with Gasteiger partial charge in [-0.2, -0.15) is 4.98 Å². The largest absolute Gasteiger partial charge is 0.418 e. The average Bonchev–Trinajstić information content (AvgIpc) is 3.33. The van der Waals surface area contributed by atoms with Crippen molar-refractivity contribution in [1.82, 2.24) is 4.98 Å². The lowest BCUT2D eigenvalue weighted by Crippen LogP contribution is -2.33. The molecule has 0 aliphatic carbocycles. The molecule has 1 saturated heterocycles. The van der Waals surface area contributed by atoms with Gasteiger partial charge < -0.3 is 9.32 Å². The topological polar surface area (TPSA) is 63.4 Å². The summed E-state index contributed by atoms with van der Waals surface area (Å²) < 4.78 is 33.4. The highest BCUT2D eigenvalue weighted by Crippen LogP contribution is 2.37. The van der Waals surface area contributed by atoms with Crippen molar-refractivity contribution in [2.45, 2.75) is 29.7 Å². The fourth-order valence-corrected chi connectivity index (χ4v) is 5.35. The predicted octanol–water partition coefficient (Wildman–Crippen LogP) is 5.23. The molecule has 8 heteroatoms. The van der Waals surface area contributed by atoms with Crippen LogP contribution in [0.2, 0.25) is 0 Å². The van der Waals surface area contributed by atoms with Crippen LogP contribution in [0.3, 0.4) is 0 Å². The first-order chi connectivity index (χ1) is 12.9. The standard InChI is InChI=1S/C19H19BrN2O3S2/c1-13-8-10-22(11-9-13)19-18(21-17(25-19)16-3-2-12-26-16)27(23,24)15-6-4-14(20)5-7-15/h2-7,12-13H,8-11H2,1H3. The van der Waals surface area contributed by atoms with Gasteiger partial charge in [-0.3, -0.25) is 0 Å². The Labute approximate surface area is 171 Å². The second-order valence-corrected chi connectivity index (χ2v) is 10.5. The van der Waals surface area contributed by atoms with Crippen molar-refractivity contribution in [1.29, 1.82) is 0 Å². The van der Waals surface area contributed by atoms with Gasteiger partial charge in [-0.1, -0.05) is 28.9 Å². The molecule has 0 spiro atoms. The third-order valence-corrected chi connectivity index (χ3v) is 7.81. The number of oxazole rings is 1. The van der Waals surface area contributed by atoms with E-state index in [1.807, 2.05) is 22.4 Å². The molecule has 0 radical (unpaired) electrons. The molecule has 1 fully saturated rings. The lowest BCUT2D eigenvalue weighted by Gasteiger charge is -2.30. The molecule has 2 aromatic heterocycles. The Kier molecular flexibility index (Phi) is 5.13. The molecule has 3 aromatic rings. The van der Waals surface area contributed by atoms with Gasteiger partial charge in [0, 0.05) is 17.6 Å². The van der Waals surface area contributed by atoms with Crippen LogP contribution in [0, 0.1) is 5.92 Å². The smallest absolute Gasteiger partial charge is 0.240 e. The van der Waals surface area contributed by atoms with Crippen LogP contribution in [-0.2, 0) is 9.84 Å². The van der Waals surface area contributed by atoms with Crippen molar-refractivity contribution in [3.05, 3.63) is 46.3 Å². The van der Waals surface area contributed by atoms with Gasteiger partial charge in [0.1, 0.15) is 0 Å². The molecule has 0 N–H and O–H groups in total. The van der Waals surface area contributed by atoms with Crippen LogP contribution in [0.15, 0.2) is 60.6 Å². The number of sulfone groups is 1. The Morgan fingerprint density at radius 2 is 1.89 bits per heavy atom. The molecule has 5 nitrogen and oxygen atoms in total. The Hall–Kier alpha value is -1.64. The van der Waals surface area contributed by atoms with Crippen LogP contribution >= 0.6 is 27.3 Å². The van der Waals surface area contributed by atoms with Crippen molar-refractivity contribution in [2.75, 3.05) is 18.0 Å². The van der Waals surface area contributed by atoms with E-state index in [-0.39, 0.29) is 9.92 Å². The summed E-state index contributed by atoms with van der Waals surface area (Å²) in [5, 5.41) is 1.92. The average molecular weight is 467 g/mol. The lowest BCUT2D eigenvalue weighted by atomic mass is 9.99. The molecular weight excluding hydrogens is 448 g/mol. The van der Waals surface area contributed by atoms with Gasteiger partial charge in [-0.15, -0.1) is 11.3 Å². The molecule has 3 heterocycles. The van der Waals surface area contributed by atoms with E-state index in [1.54, 1.807) is 24.3 Å². The highest BCUT2D eigenvalue weighted by atomic mass is 79.9. The maximum Gasteiger partial charge on any atom is 0.240 e. The monoisotopic (exact) mass is 466 g/mol. The van der Waals surface area contributed by atoms with Crippen LogP contribution in [0.5, 0.6) is 0 Å².